The molecule has 0 radical (unpaired) electrons. The second kappa shape index (κ2) is 47.0. The first-order valence-corrected chi connectivity index (χ1v) is 24.8. The Balaban J connectivity index is 3.23. The van der Waals surface area contributed by atoms with E-state index < -0.39 is 0 Å². The van der Waals surface area contributed by atoms with Crippen molar-refractivity contribution in [2.24, 2.45) is 5.92 Å². The topological polar surface area (TPSA) is 0 Å². The maximum Gasteiger partial charge on any atom is -0.0417 e. The summed E-state index contributed by atoms with van der Waals surface area (Å²) in [5.41, 5.74) is 0. The molecule has 0 aliphatic rings. The first-order chi connectivity index (χ1) is 24.8. The summed E-state index contributed by atoms with van der Waals surface area (Å²) in [5.74, 6) is 1.01. The lowest BCUT2D eigenvalue weighted by molar-refractivity contribution is 0.392. The van der Waals surface area contributed by atoms with Gasteiger partial charge in [0, 0.05) is 0 Å². The highest BCUT2D eigenvalue weighted by Gasteiger charge is 2.06. The van der Waals surface area contributed by atoms with Crippen LogP contribution in [-0.2, 0) is 0 Å². The van der Waals surface area contributed by atoms with Gasteiger partial charge in [0.05, 0.1) is 0 Å². The van der Waals surface area contributed by atoms with Crippen molar-refractivity contribution in [3.63, 3.8) is 0 Å². The van der Waals surface area contributed by atoms with Crippen LogP contribution in [0.3, 0.4) is 0 Å². The van der Waals surface area contributed by atoms with Crippen LogP contribution in [0.2, 0.25) is 0 Å². The van der Waals surface area contributed by atoms with E-state index in [1.54, 1.807) is 0 Å². The van der Waals surface area contributed by atoms with E-state index in [2.05, 4.69) is 20.8 Å². The van der Waals surface area contributed by atoms with Gasteiger partial charge in [-0.25, -0.2) is 0 Å². The summed E-state index contributed by atoms with van der Waals surface area (Å²) in [5, 5.41) is 0. The molecule has 302 valence electrons. The van der Waals surface area contributed by atoms with Gasteiger partial charge in [0.1, 0.15) is 0 Å². The van der Waals surface area contributed by atoms with E-state index in [0.29, 0.717) is 0 Å². The molecular formula is C50H102. The smallest absolute Gasteiger partial charge is 0.0417 e. The molecule has 0 aromatic heterocycles. The van der Waals surface area contributed by atoms with Gasteiger partial charge >= 0.3 is 0 Å². The van der Waals surface area contributed by atoms with Crippen molar-refractivity contribution in [2.75, 3.05) is 0 Å². The average Bonchev–Trinajstić information content (AvgIpc) is 3.13. The van der Waals surface area contributed by atoms with Crippen molar-refractivity contribution in [3.05, 3.63) is 0 Å². The van der Waals surface area contributed by atoms with Crippen LogP contribution < -0.4 is 0 Å². The van der Waals surface area contributed by atoms with Crippen molar-refractivity contribution in [2.45, 2.75) is 316 Å². The predicted octanol–water partition coefficient (Wildman–Crippen LogP) is 19.6. The number of unbranched alkanes of at least 4 members (excludes halogenated alkanes) is 41. The zero-order valence-corrected chi connectivity index (χ0v) is 36.1. The van der Waals surface area contributed by atoms with E-state index >= 15 is 0 Å². The Bertz CT molecular complexity index is 550. The Morgan fingerprint density at radius 1 is 0.180 bits per heavy atom. The molecule has 0 aliphatic heterocycles. The SMILES string of the molecule is CCCCCCCCCCCCCCCCCCCCCCCCCC(CC)CCCCCCCCCCCCCCCCCCCCCC. The van der Waals surface area contributed by atoms with E-state index in [1.165, 1.54) is 295 Å². The zero-order chi connectivity index (χ0) is 36.1. The lowest BCUT2D eigenvalue weighted by Crippen LogP contribution is -1.99. The summed E-state index contributed by atoms with van der Waals surface area (Å²) >= 11 is 0. The first-order valence-electron chi connectivity index (χ1n) is 24.8. The number of hydrogen-bond acceptors (Lipinski definition) is 0. The molecule has 50 heavy (non-hydrogen) atoms. The van der Waals surface area contributed by atoms with Crippen LogP contribution in [0.5, 0.6) is 0 Å². The predicted molar refractivity (Wildman–Crippen MR) is 233 cm³/mol. The third-order valence-corrected chi connectivity index (χ3v) is 12.3. The van der Waals surface area contributed by atoms with E-state index in [-0.39, 0.29) is 0 Å². The second-order valence-electron chi connectivity index (χ2n) is 17.3. The molecule has 0 aliphatic carbocycles. The van der Waals surface area contributed by atoms with E-state index in [1.807, 2.05) is 0 Å². The number of hydrogen-bond donors (Lipinski definition) is 0. The molecule has 0 saturated carbocycles. The molecule has 1 atom stereocenters. The molecule has 0 aromatic carbocycles. The zero-order valence-electron chi connectivity index (χ0n) is 36.1. The molecule has 1 unspecified atom stereocenters. The number of rotatable bonds is 46. The minimum atomic E-state index is 1.01. The first kappa shape index (κ1) is 50.0. The molecular weight excluding hydrogens is 601 g/mol. The van der Waals surface area contributed by atoms with Crippen molar-refractivity contribution < 1.29 is 0 Å². The fourth-order valence-electron chi connectivity index (χ4n) is 8.46. The van der Waals surface area contributed by atoms with Gasteiger partial charge in [-0.3, -0.25) is 0 Å². The maximum atomic E-state index is 2.44. The lowest BCUT2D eigenvalue weighted by atomic mass is 9.92. The summed E-state index contributed by atoms with van der Waals surface area (Å²) in [6.45, 7) is 7.07. The van der Waals surface area contributed by atoms with Gasteiger partial charge in [-0.15, -0.1) is 0 Å². The maximum absolute atomic E-state index is 2.44. The summed E-state index contributed by atoms with van der Waals surface area (Å²) in [6.07, 6.45) is 68.2. The Morgan fingerprint density at radius 3 is 0.460 bits per heavy atom. The van der Waals surface area contributed by atoms with Crippen molar-refractivity contribution in [1.29, 1.82) is 0 Å². The molecule has 0 fully saturated rings. The van der Waals surface area contributed by atoms with Crippen LogP contribution in [0.15, 0.2) is 0 Å². The van der Waals surface area contributed by atoms with Gasteiger partial charge in [-0.1, -0.05) is 316 Å². The van der Waals surface area contributed by atoms with Crippen LogP contribution >= 0.6 is 0 Å². The third-order valence-electron chi connectivity index (χ3n) is 12.3. The summed E-state index contributed by atoms with van der Waals surface area (Å²) < 4.78 is 0. The Hall–Kier alpha value is 0. The van der Waals surface area contributed by atoms with Gasteiger partial charge in [0.2, 0.25) is 0 Å². The Morgan fingerprint density at radius 2 is 0.320 bits per heavy atom. The van der Waals surface area contributed by atoms with E-state index in [0.717, 1.165) is 5.92 Å². The normalized spacial score (nSPS) is 12.3. The highest BCUT2D eigenvalue weighted by molar-refractivity contribution is 4.60. The highest BCUT2D eigenvalue weighted by atomic mass is 14.1. The molecule has 0 aromatic rings. The summed E-state index contributed by atoms with van der Waals surface area (Å²) in [6, 6.07) is 0. The van der Waals surface area contributed by atoms with Gasteiger partial charge in [0.15, 0.2) is 0 Å². The summed E-state index contributed by atoms with van der Waals surface area (Å²) in [4.78, 5) is 0. The molecule has 0 amide bonds. The molecule has 0 bridgehead atoms. The highest BCUT2D eigenvalue weighted by Crippen LogP contribution is 2.23. The second-order valence-corrected chi connectivity index (χ2v) is 17.3. The fraction of sp³-hybridized carbons (Fsp3) is 1.00. The minimum absolute atomic E-state index is 1.01. The van der Waals surface area contributed by atoms with Crippen molar-refractivity contribution in [1.82, 2.24) is 0 Å². The largest absolute Gasteiger partial charge is 0.0654 e. The standard InChI is InChI=1S/C50H102/c1-4-7-9-11-13-15-17-19-21-23-25-27-28-29-31-33-35-37-39-41-43-45-47-49-50(6-3)48-46-44-42-40-38-36-34-32-30-26-24-22-20-18-16-14-12-10-8-5-2/h50H,4-49H2,1-3H3. The monoisotopic (exact) mass is 703 g/mol. The van der Waals surface area contributed by atoms with Crippen LogP contribution in [0.1, 0.15) is 316 Å². The minimum Gasteiger partial charge on any atom is -0.0654 e. The molecule has 0 saturated heterocycles. The van der Waals surface area contributed by atoms with Crippen molar-refractivity contribution >= 4 is 0 Å². The Labute approximate surface area is 321 Å². The molecule has 0 heteroatoms. The van der Waals surface area contributed by atoms with E-state index in [4.69, 9.17) is 0 Å². The quantitative estimate of drug-likeness (QED) is 0.0554. The molecule has 0 nitrogen and oxygen atoms in total. The fourth-order valence-corrected chi connectivity index (χ4v) is 8.46. The van der Waals surface area contributed by atoms with Gasteiger partial charge in [0.25, 0.3) is 0 Å². The lowest BCUT2D eigenvalue weighted by Gasteiger charge is -2.14. The van der Waals surface area contributed by atoms with Gasteiger partial charge in [-0.05, 0) is 5.92 Å². The van der Waals surface area contributed by atoms with Gasteiger partial charge < -0.3 is 0 Å². The Kier molecular flexibility index (Phi) is 47.0. The molecule has 0 N–H and O–H groups in total. The van der Waals surface area contributed by atoms with Crippen LogP contribution in [-0.4, -0.2) is 0 Å². The van der Waals surface area contributed by atoms with E-state index in [9.17, 15) is 0 Å². The third kappa shape index (κ3) is 44.2. The average molecular weight is 703 g/mol. The molecule has 0 heterocycles. The van der Waals surface area contributed by atoms with Crippen molar-refractivity contribution in [3.8, 4) is 0 Å². The van der Waals surface area contributed by atoms with Gasteiger partial charge in [-0.2, -0.15) is 0 Å². The van der Waals surface area contributed by atoms with Crippen LogP contribution in [0.4, 0.5) is 0 Å². The molecule has 0 rings (SSSR count). The van der Waals surface area contributed by atoms with Crippen LogP contribution in [0.25, 0.3) is 0 Å². The summed E-state index contributed by atoms with van der Waals surface area (Å²) in [7, 11) is 0. The van der Waals surface area contributed by atoms with Crippen LogP contribution in [0, 0.1) is 5.92 Å². The molecule has 0 spiro atoms.